The number of likely N-dealkylation sites (N-methyl/N-ethyl adjacent to an activating group) is 1. The van der Waals surface area contributed by atoms with E-state index in [4.69, 9.17) is 5.11 Å². The minimum atomic E-state index is -0.905. The smallest absolute Gasteiger partial charge is 0.319 e. The van der Waals surface area contributed by atoms with Gasteiger partial charge in [-0.25, -0.2) is 4.79 Å². The topological polar surface area (TPSA) is 98.7 Å². The van der Waals surface area contributed by atoms with Crippen LogP contribution < -0.4 is 10.6 Å². The summed E-state index contributed by atoms with van der Waals surface area (Å²) in [7, 11) is 1.70. The fourth-order valence-corrected chi connectivity index (χ4v) is 2.16. The molecule has 0 aromatic heterocycles. The minimum absolute atomic E-state index is 0.0601. The predicted octanol–water partition coefficient (Wildman–Crippen LogP) is 0.666. The van der Waals surface area contributed by atoms with Crippen molar-refractivity contribution in [2.75, 3.05) is 18.9 Å². The average molecular weight is 291 g/mol. The highest BCUT2D eigenvalue weighted by Crippen LogP contribution is 2.11. The first-order valence-corrected chi connectivity index (χ1v) is 6.59. The molecule has 0 spiro atoms. The zero-order valence-electron chi connectivity index (χ0n) is 11.6. The monoisotopic (exact) mass is 291 g/mol. The number of hydrogen-bond acceptors (Lipinski definition) is 3. The van der Waals surface area contributed by atoms with Crippen LogP contribution in [0.2, 0.25) is 0 Å². The highest BCUT2D eigenvalue weighted by atomic mass is 16.4. The van der Waals surface area contributed by atoms with Crippen LogP contribution in [-0.4, -0.2) is 47.5 Å². The molecule has 7 heteroatoms. The highest BCUT2D eigenvalue weighted by molar-refractivity contribution is 5.94. The summed E-state index contributed by atoms with van der Waals surface area (Å²) in [6, 6.07) is 5.59. The Bertz CT molecular complexity index is 556. The van der Waals surface area contributed by atoms with Gasteiger partial charge in [0, 0.05) is 19.3 Å². The van der Waals surface area contributed by atoms with Crippen LogP contribution in [0, 0.1) is 0 Å². The van der Waals surface area contributed by atoms with Crippen molar-refractivity contribution in [3.05, 3.63) is 29.8 Å². The van der Waals surface area contributed by atoms with Gasteiger partial charge in [-0.3, -0.25) is 9.59 Å². The molecule has 21 heavy (non-hydrogen) atoms. The number of carbonyl (C=O) groups is 3. The number of carboxylic acid groups (broad SMARTS) is 1. The fourth-order valence-electron chi connectivity index (χ4n) is 2.16. The predicted molar refractivity (Wildman–Crippen MR) is 76.0 cm³/mol. The van der Waals surface area contributed by atoms with E-state index in [1.807, 2.05) is 0 Å². The lowest BCUT2D eigenvalue weighted by Gasteiger charge is -2.13. The summed E-state index contributed by atoms with van der Waals surface area (Å²) < 4.78 is 0. The first-order valence-electron chi connectivity index (χ1n) is 6.59. The number of carboxylic acids is 1. The zero-order chi connectivity index (χ0) is 15.4. The van der Waals surface area contributed by atoms with Crippen molar-refractivity contribution in [2.45, 2.75) is 18.9 Å². The van der Waals surface area contributed by atoms with Crippen molar-refractivity contribution in [3.8, 4) is 0 Å². The van der Waals surface area contributed by atoms with Crippen molar-refractivity contribution in [3.63, 3.8) is 0 Å². The van der Waals surface area contributed by atoms with Crippen LogP contribution in [0.4, 0.5) is 10.5 Å². The first-order chi connectivity index (χ1) is 9.95. The molecule has 7 nitrogen and oxygen atoms in total. The van der Waals surface area contributed by atoms with Crippen LogP contribution in [0.15, 0.2) is 24.3 Å². The van der Waals surface area contributed by atoms with Gasteiger partial charge in [-0.15, -0.1) is 0 Å². The molecule has 1 aliphatic rings. The number of amides is 3. The molecule has 0 radical (unpaired) electrons. The number of likely N-dealkylation sites (tertiary alicyclic amines) is 1. The molecule has 1 atom stereocenters. The second-order valence-corrected chi connectivity index (χ2v) is 4.97. The number of nitrogens with zero attached hydrogens (tertiary/aromatic N) is 1. The molecule has 2 rings (SSSR count). The Labute approximate surface area is 121 Å². The van der Waals surface area contributed by atoms with Gasteiger partial charge in [-0.05, 0) is 24.1 Å². The number of anilines is 1. The number of hydrogen-bond donors (Lipinski definition) is 3. The van der Waals surface area contributed by atoms with Crippen LogP contribution in [0.25, 0.3) is 0 Å². The normalized spacial score (nSPS) is 17.7. The molecule has 0 aliphatic carbocycles. The Hall–Kier alpha value is -2.57. The van der Waals surface area contributed by atoms with Gasteiger partial charge in [0.05, 0.1) is 6.42 Å². The Morgan fingerprint density at radius 3 is 2.52 bits per heavy atom. The van der Waals surface area contributed by atoms with E-state index in [-0.39, 0.29) is 12.3 Å². The van der Waals surface area contributed by atoms with Crippen molar-refractivity contribution in [1.29, 1.82) is 0 Å². The number of nitrogens with one attached hydrogen (secondary N) is 2. The summed E-state index contributed by atoms with van der Waals surface area (Å²) in [4.78, 5) is 35.6. The number of carbonyl (C=O) groups excluding carboxylic acids is 2. The van der Waals surface area contributed by atoms with Crippen LogP contribution in [0.5, 0.6) is 0 Å². The Morgan fingerprint density at radius 1 is 1.33 bits per heavy atom. The van der Waals surface area contributed by atoms with Gasteiger partial charge in [0.25, 0.3) is 0 Å². The van der Waals surface area contributed by atoms with Crippen molar-refractivity contribution >= 4 is 23.6 Å². The summed E-state index contributed by atoms with van der Waals surface area (Å²) >= 11 is 0. The molecular formula is C14H17N3O4. The van der Waals surface area contributed by atoms with Crippen LogP contribution in [0.3, 0.4) is 0 Å². The summed E-state index contributed by atoms with van der Waals surface area (Å²) in [6.45, 7) is 0.633. The van der Waals surface area contributed by atoms with E-state index in [0.717, 1.165) is 0 Å². The van der Waals surface area contributed by atoms with E-state index in [1.54, 1.807) is 36.2 Å². The largest absolute Gasteiger partial charge is 0.481 e. The summed E-state index contributed by atoms with van der Waals surface area (Å²) in [5, 5.41) is 13.9. The summed E-state index contributed by atoms with van der Waals surface area (Å²) in [5.41, 5.74) is 1.20. The van der Waals surface area contributed by atoms with Crippen molar-refractivity contribution < 1.29 is 19.5 Å². The lowest BCUT2D eigenvalue weighted by atomic mass is 10.1. The molecule has 1 fully saturated rings. The molecule has 3 amide bonds. The van der Waals surface area contributed by atoms with Crippen LogP contribution in [0.1, 0.15) is 12.0 Å². The van der Waals surface area contributed by atoms with Gasteiger partial charge < -0.3 is 20.6 Å². The van der Waals surface area contributed by atoms with E-state index in [1.165, 1.54) is 0 Å². The van der Waals surface area contributed by atoms with E-state index < -0.39 is 18.0 Å². The Morgan fingerprint density at radius 2 is 2.00 bits per heavy atom. The second-order valence-electron chi connectivity index (χ2n) is 4.97. The summed E-state index contributed by atoms with van der Waals surface area (Å²) in [5.74, 6) is -1.00. The van der Waals surface area contributed by atoms with Gasteiger partial charge in [0.15, 0.2) is 0 Å². The van der Waals surface area contributed by atoms with Crippen LogP contribution in [-0.2, 0) is 16.0 Å². The standard InChI is InChI=1S/C14H17N3O4/c1-17-7-6-11(13(17)20)16-14(21)15-10-4-2-9(3-5-10)8-12(18)19/h2-5,11H,6-8H2,1H3,(H,18,19)(H2,15,16,21). The molecule has 3 N–H and O–H groups in total. The van der Waals surface area contributed by atoms with Gasteiger partial charge in [-0.2, -0.15) is 0 Å². The maximum atomic E-state index is 11.8. The molecule has 1 saturated heterocycles. The molecule has 1 heterocycles. The van der Waals surface area contributed by atoms with E-state index in [0.29, 0.717) is 24.2 Å². The van der Waals surface area contributed by atoms with Gasteiger partial charge in [-0.1, -0.05) is 12.1 Å². The lowest BCUT2D eigenvalue weighted by molar-refractivity contribution is -0.136. The molecule has 1 aromatic carbocycles. The molecule has 1 aromatic rings. The number of urea groups is 1. The molecule has 112 valence electrons. The quantitative estimate of drug-likeness (QED) is 0.759. The first kappa shape index (κ1) is 14.8. The molecule has 1 unspecified atom stereocenters. The van der Waals surface area contributed by atoms with Crippen molar-refractivity contribution in [2.24, 2.45) is 0 Å². The van der Waals surface area contributed by atoms with Gasteiger partial charge in [0.1, 0.15) is 6.04 Å². The molecule has 0 saturated carbocycles. The third kappa shape index (κ3) is 3.95. The lowest BCUT2D eigenvalue weighted by Crippen LogP contribution is -2.42. The Balaban J connectivity index is 1.88. The van der Waals surface area contributed by atoms with Gasteiger partial charge >= 0.3 is 12.0 Å². The highest BCUT2D eigenvalue weighted by Gasteiger charge is 2.30. The zero-order valence-corrected chi connectivity index (χ0v) is 11.6. The molecular weight excluding hydrogens is 274 g/mol. The molecule has 0 bridgehead atoms. The fraction of sp³-hybridized carbons (Fsp3) is 0.357. The minimum Gasteiger partial charge on any atom is -0.481 e. The maximum Gasteiger partial charge on any atom is 0.319 e. The number of rotatable bonds is 4. The maximum absolute atomic E-state index is 11.8. The summed E-state index contributed by atoms with van der Waals surface area (Å²) in [6.07, 6.45) is 0.537. The van der Waals surface area contributed by atoms with E-state index >= 15 is 0 Å². The molecule has 1 aliphatic heterocycles. The Kier molecular flexibility index (Phi) is 4.42. The van der Waals surface area contributed by atoms with E-state index in [2.05, 4.69) is 10.6 Å². The third-order valence-corrected chi connectivity index (χ3v) is 3.30. The average Bonchev–Trinajstić information content (AvgIpc) is 2.72. The number of aliphatic carboxylic acids is 1. The SMILES string of the molecule is CN1CCC(NC(=O)Nc2ccc(CC(=O)O)cc2)C1=O. The van der Waals surface area contributed by atoms with Gasteiger partial charge in [0.2, 0.25) is 5.91 Å². The second kappa shape index (κ2) is 6.25. The van der Waals surface area contributed by atoms with E-state index in [9.17, 15) is 14.4 Å². The van der Waals surface area contributed by atoms with Crippen LogP contribution >= 0.6 is 0 Å². The van der Waals surface area contributed by atoms with Crippen molar-refractivity contribution in [1.82, 2.24) is 10.2 Å². The third-order valence-electron chi connectivity index (χ3n) is 3.30. The number of benzene rings is 1.